The molecule has 3 nitrogen and oxygen atoms in total. The molecule has 0 aliphatic heterocycles. The zero-order valence-corrected chi connectivity index (χ0v) is 8.76. The van der Waals surface area contributed by atoms with Crippen LogP contribution >= 0.6 is 15.9 Å². The fourth-order valence-corrected chi connectivity index (χ4v) is 1.40. The Balaban J connectivity index is 3.15. The Morgan fingerprint density at radius 3 is 2.67 bits per heavy atom. The maximum atomic E-state index is 13.2. The standard InChI is InChI=1S/C8H5BrF3NO2/c9-5-3(1-4(14)15)2-13-7(6(5)10)8(11)12/h2,8H,1H2,(H,14,15). The summed E-state index contributed by atoms with van der Waals surface area (Å²) in [5, 5.41) is 8.44. The molecule has 1 rings (SSSR count). The molecule has 15 heavy (non-hydrogen) atoms. The van der Waals surface area contributed by atoms with E-state index in [2.05, 4.69) is 20.9 Å². The second kappa shape index (κ2) is 4.61. The molecule has 0 unspecified atom stereocenters. The molecule has 1 aromatic rings. The Hall–Kier alpha value is -1.11. The quantitative estimate of drug-likeness (QED) is 0.928. The molecule has 0 saturated heterocycles. The lowest BCUT2D eigenvalue weighted by atomic mass is 10.2. The molecule has 0 aliphatic rings. The molecule has 0 amide bonds. The van der Waals surface area contributed by atoms with E-state index in [9.17, 15) is 18.0 Å². The molecule has 0 aromatic carbocycles. The minimum absolute atomic E-state index is 0.0180. The van der Waals surface area contributed by atoms with E-state index in [0.29, 0.717) is 0 Å². The molecule has 0 fully saturated rings. The summed E-state index contributed by atoms with van der Waals surface area (Å²) < 4.78 is 37.2. The minimum Gasteiger partial charge on any atom is -0.481 e. The van der Waals surface area contributed by atoms with E-state index in [1.165, 1.54) is 0 Å². The highest BCUT2D eigenvalue weighted by atomic mass is 79.9. The van der Waals surface area contributed by atoms with Gasteiger partial charge in [0.05, 0.1) is 10.9 Å². The van der Waals surface area contributed by atoms with E-state index >= 15 is 0 Å². The average Bonchev–Trinajstić information content (AvgIpc) is 2.12. The third-order valence-electron chi connectivity index (χ3n) is 1.61. The Labute approximate surface area is 91.1 Å². The molecule has 0 aliphatic carbocycles. The van der Waals surface area contributed by atoms with E-state index in [1.54, 1.807) is 0 Å². The van der Waals surface area contributed by atoms with Crippen LogP contribution in [0.4, 0.5) is 13.2 Å². The number of alkyl halides is 2. The molecule has 7 heteroatoms. The predicted octanol–water partition coefficient (Wildman–Crippen LogP) is 2.55. The first-order valence-corrected chi connectivity index (χ1v) is 4.55. The van der Waals surface area contributed by atoms with Gasteiger partial charge in [-0.2, -0.15) is 0 Å². The molecule has 1 aromatic heterocycles. The van der Waals surface area contributed by atoms with Gasteiger partial charge in [-0.15, -0.1) is 0 Å². The molecule has 82 valence electrons. The maximum Gasteiger partial charge on any atom is 0.307 e. The van der Waals surface area contributed by atoms with Gasteiger partial charge in [0.2, 0.25) is 0 Å². The number of carboxylic acid groups (broad SMARTS) is 1. The van der Waals surface area contributed by atoms with Crippen LogP contribution in [-0.4, -0.2) is 16.1 Å². The number of pyridine rings is 1. The van der Waals surface area contributed by atoms with Crippen molar-refractivity contribution in [3.8, 4) is 0 Å². The van der Waals surface area contributed by atoms with Crippen LogP contribution in [0.25, 0.3) is 0 Å². The smallest absolute Gasteiger partial charge is 0.307 e. The van der Waals surface area contributed by atoms with Gasteiger partial charge in [0.25, 0.3) is 6.43 Å². The van der Waals surface area contributed by atoms with Gasteiger partial charge in [0, 0.05) is 6.20 Å². The largest absolute Gasteiger partial charge is 0.481 e. The number of rotatable bonds is 3. The zero-order chi connectivity index (χ0) is 11.6. The Kier molecular flexibility index (Phi) is 3.67. The fourth-order valence-electron chi connectivity index (χ4n) is 0.953. The molecule has 0 spiro atoms. The molecule has 0 saturated carbocycles. The van der Waals surface area contributed by atoms with Crippen LogP contribution < -0.4 is 0 Å². The lowest BCUT2D eigenvalue weighted by molar-refractivity contribution is -0.136. The number of aliphatic carboxylic acids is 1. The third-order valence-corrected chi connectivity index (χ3v) is 2.46. The fraction of sp³-hybridized carbons (Fsp3) is 0.250. The molecule has 0 radical (unpaired) electrons. The van der Waals surface area contributed by atoms with Crippen LogP contribution in [0.3, 0.4) is 0 Å². The molecular weight excluding hydrogens is 279 g/mol. The van der Waals surface area contributed by atoms with Gasteiger partial charge >= 0.3 is 5.97 Å². The number of nitrogens with zero attached hydrogens (tertiary/aromatic N) is 1. The van der Waals surface area contributed by atoms with Crippen molar-refractivity contribution in [3.05, 3.63) is 27.7 Å². The molecule has 0 bridgehead atoms. The van der Waals surface area contributed by atoms with Crippen molar-refractivity contribution in [1.82, 2.24) is 4.98 Å². The van der Waals surface area contributed by atoms with Gasteiger partial charge in [0.15, 0.2) is 5.82 Å². The van der Waals surface area contributed by atoms with Crippen LogP contribution in [0, 0.1) is 5.82 Å². The SMILES string of the molecule is O=C(O)Cc1cnc(C(F)F)c(F)c1Br. The van der Waals surface area contributed by atoms with E-state index < -0.39 is 30.3 Å². The van der Waals surface area contributed by atoms with Crippen LogP contribution in [0.5, 0.6) is 0 Å². The monoisotopic (exact) mass is 283 g/mol. The second-order valence-corrected chi connectivity index (χ2v) is 3.46. The highest BCUT2D eigenvalue weighted by Gasteiger charge is 2.20. The highest BCUT2D eigenvalue weighted by molar-refractivity contribution is 9.10. The Bertz CT molecular complexity index is 398. The number of hydrogen-bond acceptors (Lipinski definition) is 2. The van der Waals surface area contributed by atoms with Gasteiger partial charge in [-0.05, 0) is 21.5 Å². The van der Waals surface area contributed by atoms with Gasteiger partial charge in [-0.3, -0.25) is 9.78 Å². The first kappa shape index (κ1) is 12.0. The van der Waals surface area contributed by atoms with Crippen LogP contribution in [-0.2, 0) is 11.2 Å². The Morgan fingerprint density at radius 2 is 2.20 bits per heavy atom. The first-order valence-electron chi connectivity index (χ1n) is 3.76. The lowest BCUT2D eigenvalue weighted by Gasteiger charge is -2.06. The van der Waals surface area contributed by atoms with Gasteiger partial charge in [-0.1, -0.05) is 0 Å². The normalized spacial score (nSPS) is 10.7. The second-order valence-electron chi connectivity index (χ2n) is 2.67. The minimum atomic E-state index is -3.03. The predicted molar refractivity (Wildman–Crippen MR) is 48.2 cm³/mol. The van der Waals surface area contributed by atoms with Crippen molar-refractivity contribution in [2.75, 3.05) is 0 Å². The number of hydrogen-bond donors (Lipinski definition) is 1. The average molecular weight is 284 g/mol. The van der Waals surface area contributed by atoms with Crippen molar-refractivity contribution in [1.29, 1.82) is 0 Å². The van der Waals surface area contributed by atoms with E-state index in [-0.39, 0.29) is 10.0 Å². The zero-order valence-electron chi connectivity index (χ0n) is 7.18. The van der Waals surface area contributed by atoms with E-state index in [4.69, 9.17) is 5.11 Å². The topological polar surface area (TPSA) is 50.2 Å². The van der Waals surface area contributed by atoms with E-state index in [1.807, 2.05) is 0 Å². The maximum absolute atomic E-state index is 13.2. The third kappa shape index (κ3) is 2.68. The van der Waals surface area contributed by atoms with Crippen molar-refractivity contribution in [2.24, 2.45) is 0 Å². The van der Waals surface area contributed by atoms with Crippen molar-refractivity contribution < 1.29 is 23.1 Å². The van der Waals surface area contributed by atoms with Crippen LogP contribution in [0.2, 0.25) is 0 Å². The molecule has 0 atom stereocenters. The van der Waals surface area contributed by atoms with Gasteiger partial charge < -0.3 is 5.11 Å². The molecular formula is C8H5BrF3NO2. The van der Waals surface area contributed by atoms with Crippen LogP contribution in [0.1, 0.15) is 17.7 Å². The molecule has 1 N–H and O–H groups in total. The summed E-state index contributed by atoms with van der Waals surface area (Å²) in [4.78, 5) is 13.5. The van der Waals surface area contributed by atoms with E-state index in [0.717, 1.165) is 6.20 Å². The highest BCUT2D eigenvalue weighted by Crippen LogP contribution is 2.27. The summed E-state index contributed by atoms with van der Waals surface area (Å²) in [6.45, 7) is 0. The van der Waals surface area contributed by atoms with Crippen molar-refractivity contribution in [3.63, 3.8) is 0 Å². The Morgan fingerprint density at radius 1 is 1.60 bits per heavy atom. The summed E-state index contributed by atoms with van der Waals surface area (Å²) in [6, 6.07) is 0. The first-order chi connectivity index (χ1) is 6.93. The summed E-state index contributed by atoms with van der Waals surface area (Å²) in [5.74, 6) is -2.41. The summed E-state index contributed by atoms with van der Waals surface area (Å²) in [6.07, 6.45) is -2.59. The number of carboxylic acids is 1. The lowest BCUT2D eigenvalue weighted by Crippen LogP contribution is -2.05. The molecule has 1 heterocycles. The number of carbonyl (C=O) groups is 1. The van der Waals surface area contributed by atoms with Gasteiger partial charge in [-0.25, -0.2) is 13.2 Å². The number of aromatic nitrogens is 1. The number of halogens is 4. The summed E-state index contributed by atoms with van der Waals surface area (Å²) in [5.41, 5.74) is -0.972. The summed E-state index contributed by atoms with van der Waals surface area (Å²) in [7, 11) is 0. The van der Waals surface area contributed by atoms with Crippen LogP contribution in [0.15, 0.2) is 10.7 Å². The van der Waals surface area contributed by atoms with Crippen molar-refractivity contribution in [2.45, 2.75) is 12.8 Å². The van der Waals surface area contributed by atoms with Gasteiger partial charge in [0.1, 0.15) is 5.69 Å². The van der Waals surface area contributed by atoms with Crippen molar-refractivity contribution >= 4 is 21.9 Å². The summed E-state index contributed by atoms with van der Waals surface area (Å²) >= 11 is 2.72.